The molecule has 0 aromatic heterocycles. The summed E-state index contributed by atoms with van der Waals surface area (Å²) in [7, 11) is 1.68. The Bertz CT molecular complexity index is 203. The summed E-state index contributed by atoms with van der Waals surface area (Å²) in [5, 5.41) is 0. The van der Waals surface area contributed by atoms with Crippen LogP contribution in [0.4, 0.5) is 0 Å². The Balaban J connectivity index is 1.73. The summed E-state index contributed by atoms with van der Waals surface area (Å²) in [6, 6.07) is 0. The summed E-state index contributed by atoms with van der Waals surface area (Å²) in [6.45, 7) is 6.21. The van der Waals surface area contributed by atoms with Gasteiger partial charge in [0.05, 0.1) is 0 Å². The van der Waals surface area contributed by atoms with E-state index in [4.69, 9.17) is 9.47 Å². The molecule has 0 aromatic rings. The Labute approximate surface area is 93.3 Å². The fraction of sp³-hybridized carbons (Fsp3) is 1.00. The summed E-state index contributed by atoms with van der Waals surface area (Å²) >= 11 is 0. The SMILES string of the molecule is COCOCCC1CC2CC1C(C)C2C. The van der Waals surface area contributed by atoms with Crippen molar-refractivity contribution in [2.24, 2.45) is 29.6 Å². The molecule has 0 aromatic carbocycles. The Hall–Kier alpha value is -0.0800. The third kappa shape index (κ3) is 2.21. The predicted octanol–water partition coefficient (Wildman–Crippen LogP) is 2.93. The van der Waals surface area contributed by atoms with Crippen LogP contribution in [0.25, 0.3) is 0 Å². The molecule has 2 aliphatic rings. The maximum absolute atomic E-state index is 5.39. The Kier molecular flexibility index (Phi) is 3.68. The van der Waals surface area contributed by atoms with E-state index in [1.165, 1.54) is 19.3 Å². The molecule has 5 unspecified atom stereocenters. The molecule has 2 nitrogen and oxygen atoms in total. The molecule has 0 N–H and O–H groups in total. The van der Waals surface area contributed by atoms with Gasteiger partial charge in [-0.2, -0.15) is 0 Å². The van der Waals surface area contributed by atoms with E-state index in [9.17, 15) is 0 Å². The average Bonchev–Trinajstić information content (AvgIpc) is 2.75. The predicted molar refractivity (Wildman–Crippen MR) is 60.5 cm³/mol. The summed E-state index contributed by atoms with van der Waals surface area (Å²) in [4.78, 5) is 0. The summed E-state index contributed by atoms with van der Waals surface area (Å²) < 4.78 is 10.3. The first-order valence-electron chi connectivity index (χ1n) is 6.30. The van der Waals surface area contributed by atoms with Crippen molar-refractivity contribution in [1.29, 1.82) is 0 Å². The standard InChI is InChI=1S/C13H24O2/c1-9-10(2)13-7-12(9)6-11(13)4-5-15-8-14-3/h9-13H,4-8H2,1-3H3. The topological polar surface area (TPSA) is 18.5 Å². The number of fused-ring (bicyclic) bond motifs is 2. The molecule has 5 atom stereocenters. The van der Waals surface area contributed by atoms with Crippen molar-refractivity contribution in [3.63, 3.8) is 0 Å². The molecule has 2 fully saturated rings. The van der Waals surface area contributed by atoms with E-state index >= 15 is 0 Å². The molecule has 0 spiro atoms. The maximum atomic E-state index is 5.39. The van der Waals surface area contributed by atoms with Crippen LogP contribution in [0.2, 0.25) is 0 Å². The molecule has 15 heavy (non-hydrogen) atoms. The van der Waals surface area contributed by atoms with Crippen LogP contribution in [-0.2, 0) is 9.47 Å². The van der Waals surface area contributed by atoms with Gasteiger partial charge < -0.3 is 9.47 Å². The zero-order valence-electron chi connectivity index (χ0n) is 10.2. The number of hydrogen-bond donors (Lipinski definition) is 0. The van der Waals surface area contributed by atoms with E-state index in [-0.39, 0.29) is 0 Å². The van der Waals surface area contributed by atoms with E-state index in [1.807, 2.05) is 0 Å². The zero-order chi connectivity index (χ0) is 10.8. The highest BCUT2D eigenvalue weighted by molar-refractivity contribution is 4.97. The average molecular weight is 212 g/mol. The quantitative estimate of drug-likeness (QED) is 0.515. The van der Waals surface area contributed by atoms with Gasteiger partial charge in [0.15, 0.2) is 0 Å². The zero-order valence-corrected chi connectivity index (χ0v) is 10.2. The number of hydrogen-bond acceptors (Lipinski definition) is 2. The largest absolute Gasteiger partial charge is 0.359 e. The molecule has 2 saturated carbocycles. The molecular weight excluding hydrogens is 188 g/mol. The van der Waals surface area contributed by atoms with Gasteiger partial charge in [-0.15, -0.1) is 0 Å². The Morgan fingerprint density at radius 2 is 1.93 bits per heavy atom. The lowest BCUT2D eigenvalue weighted by molar-refractivity contribution is -0.0375. The lowest BCUT2D eigenvalue weighted by Gasteiger charge is -2.31. The van der Waals surface area contributed by atoms with Crippen LogP contribution in [-0.4, -0.2) is 20.5 Å². The van der Waals surface area contributed by atoms with E-state index < -0.39 is 0 Å². The highest BCUT2D eigenvalue weighted by atomic mass is 16.7. The fourth-order valence-corrected chi connectivity index (χ4v) is 3.80. The third-order valence-electron chi connectivity index (χ3n) is 4.87. The van der Waals surface area contributed by atoms with Crippen molar-refractivity contribution in [2.75, 3.05) is 20.5 Å². The van der Waals surface area contributed by atoms with Crippen molar-refractivity contribution >= 4 is 0 Å². The summed E-state index contributed by atoms with van der Waals surface area (Å²) in [5.74, 6) is 4.83. The van der Waals surface area contributed by atoms with E-state index in [0.717, 1.165) is 36.2 Å². The van der Waals surface area contributed by atoms with Crippen LogP contribution in [0.15, 0.2) is 0 Å². The van der Waals surface area contributed by atoms with E-state index in [1.54, 1.807) is 7.11 Å². The second-order valence-electron chi connectivity index (χ2n) is 5.48. The second-order valence-corrected chi connectivity index (χ2v) is 5.48. The fourth-order valence-electron chi connectivity index (χ4n) is 3.80. The minimum absolute atomic E-state index is 0.451. The van der Waals surface area contributed by atoms with Crippen LogP contribution in [0, 0.1) is 29.6 Å². The second kappa shape index (κ2) is 4.84. The first-order chi connectivity index (χ1) is 7.24. The molecule has 2 aliphatic carbocycles. The van der Waals surface area contributed by atoms with Gasteiger partial charge in [-0.25, -0.2) is 0 Å². The summed E-state index contributed by atoms with van der Waals surface area (Å²) in [5.41, 5.74) is 0. The van der Waals surface area contributed by atoms with Crippen molar-refractivity contribution < 1.29 is 9.47 Å². The van der Waals surface area contributed by atoms with Crippen molar-refractivity contribution in [3.05, 3.63) is 0 Å². The van der Waals surface area contributed by atoms with Gasteiger partial charge in [-0.1, -0.05) is 13.8 Å². The molecule has 2 rings (SSSR count). The number of methoxy groups -OCH3 is 1. The van der Waals surface area contributed by atoms with Gasteiger partial charge in [0, 0.05) is 13.7 Å². The third-order valence-corrected chi connectivity index (χ3v) is 4.87. The van der Waals surface area contributed by atoms with Gasteiger partial charge in [0.2, 0.25) is 0 Å². The van der Waals surface area contributed by atoms with Crippen LogP contribution in [0.3, 0.4) is 0 Å². The summed E-state index contributed by atoms with van der Waals surface area (Å²) in [6.07, 6.45) is 4.17. The molecule has 0 amide bonds. The van der Waals surface area contributed by atoms with Gasteiger partial charge in [0.25, 0.3) is 0 Å². The van der Waals surface area contributed by atoms with Gasteiger partial charge >= 0.3 is 0 Å². The highest BCUT2D eigenvalue weighted by Crippen LogP contribution is 2.55. The number of ether oxygens (including phenoxy) is 2. The lowest BCUT2D eigenvalue weighted by Crippen LogP contribution is -2.25. The monoisotopic (exact) mass is 212 g/mol. The van der Waals surface area contributed by atoms with Crippen LogP contribution < -0.4 is 0 Å². The molecular formula is C13H24O2. The molecule has 0 radical (unpaired) electrons. The molecule has 2 bridgehead atoms. The lowest BCUT2D eigenvalue weighted by atomic mass is 9.75. The molecule has 0 heterocycles. The van der Waals surface area contributed by atoms with Gasteiger partial charge in [-0.3, -0.25) is 0 Å². The molecule has 88 valence electrons. The van der Waals surface area contributed by atoms with Gasteiger partial charge in [-0.05, 0) is 48.9 Å². The minimum Gasteiger partial charge on any atom is -0.359 e. The smallest absolute Gasteiger partial charge is 0.146 e. The first kappa shape index (κ1) is 11.4. The number of rotatable bonds is 5. The van der Waals surface area contributed by atoms with Crippen molar-refractivity contribution in [2.45, 2.75) is 33.1 Å². The Morgan fingerprint density at radius 3 is 2.53 bits per heavy atom. The van der Waals surface area contributed by atoms with E-state index in [0.29, 0.717) is 6.79 Å². The van der Waals surface area contributed by atoms with Crippen LogP contribution >= 0.6 is 0 Å². The Morgan fingerprint density at radius 1 is 1.13 bits per heavy atom. The highest BCUT2D eigenvalue weighted by Gasteiger charge is 2.47. The van der Waals surface area contributed by atoms with Crippen molar-refractivity contribution in [3.8, 4) is 0 Å². The molecule has 0 saturated heterocycles. The maximum Gasteiger partial charge on any atom is 0.146 e. The van der Waals surface area contributed by atoms with Crippen LogP contribution in [0.5, 0.6) is 0 Å². The normalized spacial score (nSPS) is 43.8. The minimum atomic E-state index is 0.451. The molecule has 0 aliphatic heterocycles. The van der Waals surface area contributed by atoms with E-state index in [2.05, 4.69) is 13.8 Å². The van der Waals surface area contributed by atoms with Crippen LogP contribution in [0.1, 0.15) is 33.1 Å². The first-order valence-corrected chi connectivity index (χ1v) is 6.30. The van der Waals surface area contributed by atoms with Crippen molar-refractivity contribution in [1.82, 2.24) is 0 Å². The molecule has 2 heteroatoms. The van der Waals surface area contributed by atoms with Gasteiger partial charge in [0.1, 0.15) is 6.79 Å².